The van der Waals surface area contributed by atoms with Crippen molar-refractivity contribution < 1.29 is 14.6 Å². The molecule has 0 aliphatic carbocycles. The Morgan fingerprint density at radius 1 is 1.64 bits per heavy atom. The van der Waals surface area contributed by atoms with Crippen molar-refractivity contribution in [2.45, 2.75) is 32.3 Å². The van der Waals surface area contributed by atoms with Crippen LogP contribution >= 0.6 is 0 Å². The molecular formula is C8H16O3. The first kappa shape index (κ1) is 10.6. The fraction of sp³-hybridized carbons (Fsp3) is 0.875. The molecule has 0 saturated carbocycles. The summed E-state index contributed by atoms with van der Waals surface area (Å²) in [4.78, 5) is 10.0. The van der Waals surface area contributed by atoms with E-state index in [0.29, 0.717) is 12.9 Å². The van der Waals surface area contributed by atoms with Crippen LogP contribution in [0.3, 0.4) is 0 Å². The van der Waals surface area contributed by atoms with Crippen molar-refractivity contribution in [1.82, 2.24) is 0 Å². The molecule has 0 aliphatic heterocycles. The molecule has 0 amide bonds. The topological polar surface area (TPSA) is 46.5 Å². The number of hydrogen-bond acceptors (Lipinski definition) is 3. The predicted octanol–water partition coefficient (Wildman–Crippen LogP) is 0.753. The van der Waals surface area contributed by atoms with E-state index in [1.165, 1.54) is 0 Å². The van der Waals surface area contributed by atoms with E-state index in [9.17, 15) is 9.90 Å². The Morgan fingerprint density at radius 2 is 2.27 bits per heavy atom. The number of carbonyl (C=O) groups excluding carboxylic acids is 1. The SMILES string of the molecule is CCCOCC(C)(O)CC=O. The lowest BCUT2D eigenvalue weighted by Gasteiger charge is -2.19. The summed E-state index contributed by atoms with van der Waals surface area (Å²) in [6.45, 7) is 4.46. The summed E-state index contributed by atoms with van der Waals surface area (Å²) < 4.78 is 5.09. The Bertz CT molecular complexity index is 110. The molecule has 0 spiro atoms. The van der Waals surface area contributed by atoms with Crippen LogP contribution in [0.25, 0.3) is 0 Å². The van der Waals surface area contributed by atoms with Crippen LogP contribution in [0.4, 0.5) is 0 Å². The number of aliphatic hydroxyl groups is 1. The third kappa shape index (κ3) is 6.01. The molecule has 0 aromatic carbocycles. The number of carbonyl (C=O) groups is 1. The molecule has 0 saturated heterocycles. The Balaban J connectivity index is 3.45. The highest BCUT2D eigenvalue weighted by atomic mass is 16.5. The van der Waals surface area contributed by atoms with Gasteiger partial charge in [-0.1, -0.05) is 6.92 Å². The van der Waals surface area contributed by atoms with E-state index in [4.69, 9.17) is 4.74 Å². The average molecular weight is 160 g/mol. The summed E-state index contributed by atoms with van der Waals surface area (Å²) in [6.07, 6.45) is 1.77. The van der Waals surface area contributed by atoms with Gasteiger partial charge in [0.1, 0.15) is 6.29 Å². The fourth-order valence-corrected chi connectivity index (χ4v) is 0.675. The van der Waals surface area contributed by atoms with E-state index in [1.54, 1.807) is 6.92 Å². The van der Waals surface area contributed by atoms with Gasteiger partial charge in [0.15, 0.2) is 0 Å². The highest BCUT2D eigenvalue weighted by molar-refractivity contribution is 5.51. The number of ether oxygens (including phenoxy) is 1. The molecule has 0 radical (unpaired) electrons. The third-order valence-electron chi connectivity index (χ3n) is 1.28. The summed E-state index contributed by atoms with van der Waals surface area (Å²) in [6, 6.07) is 0. The zero-order valence-electron chi connectivity index (χ0n) is 7.17. The van der Waals surface area contributed by atoms with E-state index in [1.807, 2.05) is 6.92 Å². The van der Waals surface area contributed by atoms with Crippen LogP contribution in [-0.4, -0.2) is 30.2 Å². The van der Waals surface area contributed by atoms with Gasteiger partial charge in [-0.2, -0.15) is 0 Å². The van der Waals surface area contributed by atoms with Gasteiger partial charge in [-0.05, 0) is 13.3 Å². The van der Waals surface area contributed by atoms with Crippen molar-refractivity contribution in [3.63, 3.8) is 0 Å². The maximum Gasteiger partial charge on any atom is 0.122 e. The number of hydrogen-bond donors (Lipinski definition) is 1. The average Bonchev–Trinajstić information content (AvgIpc) is 1.87. The van der Waals surface area contributed by atoms with Crippen molar-refractivity contribution in [2.75, 3.05) is 13.2 Å². The second kappa shape index (κ2) is 5.27. The lowest BCUT2D eigenvalue weighted by atomic mass is 10.1. The van der Waals surface area contributed by atoms with E-state index in [0.717, 1.165) is 6.42 Å². The number of aldehydes is 1. The molecule has 0 bridgehead atoms. The molecule has 0 rings (SSSR count). The monoisotopic (exact) mass is 160 g/mol. The van der Waals surface area contributed by atoms with E-state index in [-0.39, 0.29) is 13.0 Å². The van der Waals surface area contributed by atoms with Crippen LogP contribution in [0.15, 0.2) is 0 Å². The Labute approximate surface area is 67.4 Å². The molecule has 0 aliphatic rings. The second-order valence-electron chi connectivity index (χ2n) is 2.92. The van der Waals surface area contributed by atoms with Crippen molar-refractivity contribution >= 4 is 6.29 Å². The maximum absolute atomic E-state index is 10.0. The molecule has 1 N–H and O–H groups in total. The molecule has 0 fully saturated rings. The van der Waals surface area contributed by atoms with Gasteiger partial charge in [-0.15, -0.1) is 0 Å². The molecule has 3 heteroatoms. The standard InChI is InChI=1S/C8H16O3/c1-3-6-11-7-8(2,10)4-5-9/h5,10H,3-4,6-7H2,1-2H3. The van der Waals surface area contributed by atoms with Gasteiger partial charge in [0, 0.05) is 13.0 Å². The van der Waals surface area contributed by atoms with E-state index < -0.39 is 5.60 Å². The van der Waals surface area contributed by atoms with Crippen LogP contribution in [0.1, 0.15) is 26.7 Å². The molecule has 1 unspecified atom stereocenters. The largest absolute Gasteiger partial charge is 0.387 e. The molecule has 66 valence electrons. The van der Waals surface area contributed by atoms with Crippen LogP contribution in [0, 0.1) is 0 Å². The summed E-state index contributed by atoms with van der Waals surface area (Å²) in [7, 11) is 0. The van der Waals surface area contributed by atoms with Gasteiger partial charge < -0.3 is 14.6 Å². The van der Waals surface area contributed by atoms with Gasteiger partial charge in [-0.3, -0.25) is 0 Å². The molecule has 1 atom stereocenters. The zero-order chi connectivity index (χ0) is 8.74. The van der Waals surface area contributed by atoms with Gasteiger partial charge in [-0.25, -0.2) is 0 Å². The van der Waals surface area contributed by atoms with Gasteiger partial charge in [0.25, 0.3) is 0 Å². The highest BCUT2D eigenvalue weighted by Crippen LogP contribution is 2.07. The van der Waals surface area contributed by atoms with Gasteiger partial charge >= 0.3 is 0 Å². The molecule has 0 aromatic rings. The smallest absolute Gasteiger partial charge is 0.122 e. The highest BCUT2D eigenvalue weighted by Gasteiger charge is 2.19. The minimum atomic E-state index is -0.989. The summed E-state index contributed by atoms with van der Waals surface area (Å²) in [5.41, 5.74) is -0.989. The first-order valence-electron chi connectivity index (χ1n) is 3.86. The van der Waals surface area contributed by atoms with Crippen molar-refractivity contribution in [1.29, 1.82) is 0 Å². The summed E-state index contributed by atoms with van der Waals surface area (Å²) in [5.74, 6) is 0. The van der Waals surface area contributed by atoms with E-state index in [2.05, 4.69) is 0 Å². The van der Waals surface area contributed by atoms with Crippen molar-refractivity contribution in [2.24, 2.45) is 0 Å². The van der Waals surface area contributed by atoms with Crippen molar-refractivity contribution in [3.05, 3.63) is 0 Å². The first-order chi connectivity index (χ1) is 5.12. The normalized spacial score (nSPS) is 15.9. The molecule has 0 aromatic heterocycles. The third-order valence-corrected chi connectivity index (χ3v) is 1.28. The van der Waals surface area contributed by atoms with E-state index >= 15 is 0 Å². The Kier molecular flexibility index (Phi) is 5.07. The summed E-state index contributed by atoms with van der Waals surface area (Å²) >= 11 is 0. The predicted molar refractivity (Wildman–Crippen MR) is 42.4 cm³/mol. The van der Waals surface area contributed by atoms with Crippen LogP contribution < -0.4 is 0 Å². The number of rotatable bonds is 6. The second-order valence-corrected chi connectivity index (χ2v) is 2.92. The molecule has 11 heavy (non-hydrogen) atoms. The zero-order valence-corrected chi connectivity index (χ0v) is 7.17. The van der Waals surface area contributed by atoms with Gasteiger partial charge in [0.2, 0.25) is 0 Å². The van der Waals surface area contributed by atoms with Crippen LogP contribution in [0.5, 0.6) is 0 Å². The Hall–Kier alpha value is -0.410. The first-order valence-corrected chi connectivity index (χ1v) is 3.86. The Morgan fingerprint density at radius 3 is 2.73 bits per heavy atom. The minimum Gasteiger partial charge on any atom is -0.387 e. The minimum absolute atomic E-state index is 0.136. The van der Waals surface area contributed by atoms with Crippen LogP contribution in [-0.2, 0) is 9.53 Å². The fourth-order valence-electron chi connectivity index (χ4n) is 0.675. The summed E-state index contributed by atoms with van der Waals surface area (Å²) in [5, 5.41) is 9.38. The lowest BCUT2D eigenvalue weighted by molar-refractivity contribution is -0.114. The molecule has 0 heterocycles. The maximum atomic E-state index is 10.0. The van der Waals surface area contributed by atoms with Crippen molar-refractivity contribution in [3.8, 4) is 0 Å². The quantitative estimate of drug-likeness (QED) is 0.461. The van der Waals surface area contributed by atoms with Gasteiger partial charge in [0.05, 0.1) is 12.2 Å². The molecular weight excluding hydrogens is 144 g/mol. The lowest BCUT2D eigenvalue weighted by Crippen LogP contribution is -2.31. The van der Waals surface area contributed by atoms with Crippen LogP contribution in [0.2, 0.25) is 0 Å². The molecule has 3 nitrogen and oxygen atoms in total.